The summed E-state index contributed by atoms with van der Waals surface area (Å²) in [5.74, 6) is -3.39. The Bertz CT molecular complexity index is 892. The summed E-state index contributed by atoms with van der Waals surface area (Å²) < 4.78 is 37.0. The summed E-state index contributed by atoms with van der Waals surface area (Å²) in [6, 6.07) is 0. The summed E-state index contributed by atoms with van der Waals surface area (Å²) in [5.41, 5.74) is 0. The molecule has 244 valence electrons. The molecule has 0 aromatic carbocycles. The molecule has 0 radical (unpaired) electrons. The summed E-state index contributed by atoms with van der Waals surface area (Å²) in [6.45, 7) is -2.12. The van der Waals surface area contributed by atoms with Crippen molar-refractivity contribution in [3.63, 3.8) is 0 Å². The second-order valence-corrected chi connectivity index (χ2v) is 9.79. The number of hydrogen-bond donors (Lipinski definition) is 11. The van der Waals surface area contributed by atoms with Crippen molar-refractivity contribution in [1.29, 1.82) is 0 Å². The van der Waals surface area contributed by atoms with Crippen LogP contribution in [0.3, 0.4) is 0 Å². The van der Waals surface area contributed by atoms with Crippen LogP contribution < -0.4 is 0 Å². The Morgan fingerprint density at radius 2 is 1.43 bits per heavy atom. The minimum absolute atomic E-state index is 0.522. The van der Waals surface area contributed by atoms with Crippen LogP contribution in [0.2, 0.25) is 0 Å². The Balaban J connectivity index is 1.69. The molecule has 42 heavy (non-hydrogen) atoms. The highest BCUT2D eigenvalue weighted by molar-refractivity contribution is 5.73. The van der Waals surface area contributed by atoms with Crippen molar-refractivity contribution in [3.05, 3.63) is 0 Å². The van der Waals surface area contributed by atoms with Crippen LogP contribution in [0.5, 0.6) is 0 Å². The van der Waals surface area contributed by atoms with Gasteiger partial charge in [0.2, 0.25) is 0 Å². The number of carboxylic acid groups (broad SMARTS) is 2. The number of ether oxygens (including phenoxy) is 7. The molecule has 0 bridgehead atoms. The first-order valence-electron chi connectivity index (χ1n) is 12.6. The van der Waals surface area contributed by atoms with Gasteiger partial charge in [-0.05, 0) is 0 Å². The third-order valence-corrected chi connectivity index (χ3v) is 6.97. The first-order chi connectivity index (χ1) is 19.7. The molecule has 16 atom stereocenters. The van der Waals surface area contributed by atoms with Crippen molar-refractivity contribution in [2.75, 3.05) is 26.9 Å². The molecule has 3 fully saturated rings. The molecule has 20 nitrogen and oxygen atoms in total. The number of carboxylic acids is 2. The zero-order chi connectivity index (χ0) is 31.5. The Kier molecular flexibility index (Phi) is 12.3. The largest absolute Gasteiger partial charge is 0.479 e. The predicted molar refractivity (Wildman–Crippen MR) is 124 cm³/mol. The zero-order valence-electron chi connectivity index (χ0n) is 22.0. The van der Waals surface area contributed by atoms with Crippen LogP contribution in [-0.4, -0.2) is 193 Å². The molecule has 0 aliphatic carbocycles. The van der Waals surface area contributed by atoms with Gasteiger partial charge in [-0.2, -0.15) is 0 Å². The lowest BCUT2D eigenvalue weighted by molar-refractivity contribution is -0.370. The van der Waals surface area contributed by atoms with E-state index in [-0.39, 0.29) is 0 Å². The molecule has 0 saturated carbocycles. The molecule has 3 saturated heterocycles. The number of aliphatic carboxylic acids is 2. The second kappa shape index (κ2) is 14.9. The number of aliphatic hydroxyl groups excluding tert-OH is 9. The Morgan fingerprint density at radius 1 is 0.810 bits per heavy atom. The monoisotopic (exact) mass is 620 g/mol. The van der Waals surface area contributed by atoms with Crippen molar-refractivity contribution in [1.82, 2.24) is 0 Å². The van der Waals surface area contributed by atoms with Gasteiger partial charge in [0.05, 0.1) is 19.8 Å². The zero-order valence-corrected chi connectivity index (χ0v) is 22.0. The average Bonchev–Trinajstić information content (AvgIpc) is 2.95. The predicted octanol–water partition coefficient (Wildman–Crippen LogP) is -7.36. The summed E-state index contributed by atoms with van der Waals surface area (Å²) in [5, 5.41) is 110. The van der Waals surface area contributed by atoms with Gasteiger partial charge in [0.25, 0.3) is 0 Å². The first-order valence-corrected chi connectivity index (χ1v) is 12.6. The van der Waals surface area contributed by atoms with Crippen LogP contribution in [0, 0.1) is 0 Å². The maximum atomic E-state index is 11.6. The normalized spacial score (nSPS) is 43.3. The van der Waals surface area contributed by atoms with Gasteiger partial charge in [-0.3, -0.25) is 0 Å². The van der Waals surface area contributed by atoms with Gasteiger partial charge in [0, 0.05) is 7.11 Å². The van der Waals surface area contributed by atoms with Crippen molar-refractivity contribution < 1.29 is 98.9 Å². The van der Waals surface area contributed by atoms with Crippen LogP contribution in [-0.2, 0) is 42.7 Å². The number of methoxy groups -OCH3 is 1. The van der Waals surface area contributed by atoms with E-state index in [0.717, 1.165) is 7.11 Å². The number of rotatable bonds is 12. The molecule has 0 amide bonds. The standard InChI is InChI=1S/C22H36O20/c1-36-15-11(28)14(31)21(42-17(15)19(34)35)41-16-8(25)5(24)3-37-22(16)40-7-4-38-20(13(30)10(7)27)39-6(2-23)9(26)12(29)18(32)33/h5-17,20-31H,2-4H2,1H3,(H,32,33)(H,34,35)/t5-,6-,7-,8+,9+,10+,11-,12-,13-,14-,15+,16-,17+,20+,21+,22+/m1/s1. The lowest BCUT2D eigenvalue weighted by Crippen LogP contribution is -2.65. The van der Waals surface area contributed by atoms with Gasteiger partial charge >= 0.3 is 11.9 Å². The highest BCUT2D eigenvalue weighted by Gasteiger charge is 2.53. The van der Waals surface area contributed by atoms with Gasteiger partial charge in [-0.15, -0.1) is 0 Å². The van der Waals surface area contributed by atoms with Gasteiger partial charge in [0.1, 0.15) is 67.1 Å². The number of aliphatic hydroxyl groups is 9. The fraction of sp³-hybridized carbons (Fsp3) is 0.909. The molecule has 0 aromatic rings. The third kappa shape index (κ3) is 7.50. The van der Waals surface area contributed by atoms with Crippen LogP contribution >= 0.6 is 0 Å². The van der Waals surface area contributed by atoms with E-state index >= 15 is 0 Å². The van der Waals surface area contributed by atoms with E-state index in [0.29, 0.717) is 0 Å². The maximum absolute atomic E-state index is 11.6. The average molecular weight is 621 g/mol. The fourth-order valence-corrected chi connectivity index (χ4v) is 4.53. The van der Waals surface area contributed by atoms with Crippen LogP contribution in [0.25, 0.3) is 0 Å². The first kappa shape index (κ1) is 34.8. The minimum atomic E-state index is -2.36. The van der Waals surface area contributed by atoms with Crippen molar-refractivity contribution in [2.24, 2.45) is 0 Å². The molecular formula is C22H36O20. The van der Waals surface area contributed by atoms with Gasteiger partial charge in [0.15, 0.2) is 31.1 Å². The Hall–Kier alpha value is -1.70. The lowest BCUT2D eigenvalue weighted by Gasteiger charge is -2.46. The summed E-state index contributed by atoms with van der Waals surface area (Å²) in [6.07, 6.45) is -29.0. The highest BCUT2D eigenvalue weighted by Crippen LogP contribution is 2.31. The second-order valence-electron chi connectivity index (χ2n) is 9.79. The molecular weight excluding hydrogens is 584 g/mol. The molecule has 0 aromatic heterocycles. The van der Waals surface area contributed by atoms with Crippen molar-refractivity contribution in [3.8, 4) is 0 Å². The third-order valence-electron chi connectivity index (χ3n) is 6.97. The van der Waals surface area contributed by atoms with E-state index in [1.54, 1.807) is 0 Å². The van der Waals surface area contributed by atoms with E-state index in [1.165, 1.54) is 0 Å². The molecule has 0 unspecified atom stereocenters. The Labute approximate surface area is 236 Å². The molecule has 3 aliphatic rings. The van der Waals surface area contributed by atoms with E-state index in [9.17, 15) is 60.7 Å². The van der Waals surface area contributed by atoms with Crippen molar-refractivity contribution >= 4 is 11.9 Å². The molecule has 3 rings (SSSR count). The summed E-state index contributed by atoms with van der Waals surface area (Å²) in [4.78, 5) is 22.5. The molecule has 0 spiro atoms. The topological polar surface area (TPSA) is 321 Å². The smallest absolute Gasteiger partial charge is 0.335 e. The maximum Gasteiger partial charge on any atom is 0.335 e. The molecule has 11 N–H and O–H groups in total. The van der Waals surface area contributed by atoms with Crippen LogP contribution in [0.15, 0.2) is 0 Å². The number of hydrogen-bond acceptors (Lipinski definition) is 18. The SMILES string of the molecule is CO[C@H]1[C@H](O)[C@@H](O)[C@@H](O[C@H]2[C@H](O[C@@H]3CO[C@@H](O[C@H](CO)[C@H](O)[C@@H](O)C(=O)O)[C@H](O)[C@H]3O)OC[C@@H](O)[C@@H]2O)O[C@@H]1C(=O)O. The highest BCUT2D eigenvalue weighted by atomic mass is 16.8. The summed E-state index contributed by atoms with van der Waals surface area (Å²) in [7, 11) is 1.08. The molecule has 3 aliphatic heterocycles. The van der Waals surface area contributed by atoms with Crippen LogP contribution in [0.1, 0.15) is 0 Å². The molecule has 3 heterocycles. The van der Waals surface area contributed by atoms with E-state index in [1.807, 2.05) is 0 Å². The minimum Gasteiger partial charge on any atom is -0.479 e. The lowest BCUT2D eigenvalue weighted by atomic mass is 9.98. The number of carbonyl (C=O) groups is 2. The van der Waals surface area contributed by atoms with Crippen LogP contribution in [0.4, 0.5) is 0 Å². The van der Waals surface area contributed by atoms with E-state index in [2.05, 4.69) is 0 Å². The van der Waals surface area contributed by atoms with E-state index in [4.69, 9.17) is 38.3 Å². The Morgan fingerprint density at radius 3 is 2.00 bits per heavy atom. The quantitative estimate of drug-likeness (QED) is 0.0965. The van der Waals surface area contributed by atoms with Crippen molar-refractivity contribution in [2.45, 2.75) is 98.2 Å². The van der Waals surface area contributed by atoms with Gasteiger partial charge < -0.3 is 89.3 Å². The van der Waals surface area contributed by atoms with Gasteiger partial charge in [-0.25, -0.2) is 9.59 Å². The summed E-state index contributed by atoms with van der Waals surface area (Å²) >= 11 is 0. The molecule has 20 heteroatoms. The fourth-order valence-electron chi connectivity index (χ4n) is 4.53. The van der Waals surface area contributed by atoms with E-state index < -0.39 is 130 Å². The van der Waals surface area contributed by atoms with Gasteiger partial charge in [-0.1, -0.05) is 0 Å².